The first-order chi connectivity index (χ1) is 9.65. The van der Waals surface area contributed by atoms with Crippen molar-refractivity contribution >= 4 is 50.3 Å². The zero-order valence-electron chi connectivity index (χ0n) is 11.2. The summed E-state index contributed by atoms with van der Waals surface area (Å²) in [7, 11) is 0. The Morgan fingerprint density at radius 1 is 1.20 bits per heavy atom. The summed E-state index contributed by atoms with van der Waals surface area (Å²) in [6.45, 7) is 5.10. The highest BCUT2D eigenvalue weighted by molar-refractivity contribution is 7.18. The van der Waals surface area contributed by atoms with Gasteiger partial charge in [0, 0.05) is 16.3 Å². The Morgan fingerprint density at radius 3 is 2.80 bits per heavy atom. The maximum atomic E-state index is 5.94. The van der Waals surface area contributed by atoms with Crippen LogP contribution in [0.2, 0.25) is 4.34 Å². The number of anilines is 1. The maximum absolute atomic E-state index is 5.94. The summed E-state index contributed by atoms with van der Waals surface area (Å²) in [4.78, 5) is 12.4. The summed E-state index contributed by atoms with van der Waals surface area (Å²) in [5, 5.41) is 4.57. The average Bonchev–Trinajstić information content (AvgIpc) is 2.95. The molecule has 3 aromatic heterocycles. The minimum atomic E-state index is 0.841. The number of nitrogens with zero attached hydrogens (tertiary/aromatic N) is 2. The first-order valence-electron chi connectivity index (χ1n) is 6.34. The third kappa shape index (κ3) is 2.66. The molecule has 0 atom stereocenters. The van der Waals surface area contributed by atoms with E-state index < -0.39 is 0 Å². The van der Waals surface area contributed by atoms with Crippen molar-refractivity contribution < 1.29 is 0 Å². The second-order valence-corrected chi connectivity index (χ2v) is 7.57. The van der Waals surface area contributed by atoms with Gasteiger partial charge in [-0.05, 0) is 38.0 Å². The number of hydrogen-bond donors (Lipinski definition) is 1. The number of hydrogen-bond acceptors (Lipinski definition) is 5. The largest absolute Gasteiger partial charge is 0.369 e. The highest BCUT2D eigenvalue weighted by Gasteiger charge is 2.11. The molecule has 0 aliphatic rings. The van der Waals surface area contributed by atoms with E-state index in [9.17, 15) is 0 Å². The zero-order valence-corrected chi connectivity index (χ0v) is 13.6. The lowest BCUT2D eigenvalue weighted by atomic mass is 10.2. The Labute approximate surface area is 130 Å². The number of nitrogens with one attached hydrogen (secondary N) is 1. The second-order valence-electron chi connectivity index (χ2n) is 4.57. The van der Waals surface area contributed by atoms with Crippen molar-refractivity contribution in [3.05, 3.63) is 38.1 Å². The van der Waals surface area contributed by atoms with Crippen LogP contribution in [0.1, 0.15) is 15.3 Å². The van der Waals surface area contributed by atoms with Crippen LogP contribution in [0.4, 0.5) is 5.82 Å². The van der Waals surface area contributed by atoms with Gasteiger partial charge in [-0.15, -0.1) is 22.7 Å². The van der Waals surface area contributed by atoms with Crippen molar-refractivity contribution in [2.24, 2.45) is 0 Å². The van der Waals surface area contributed by atoms with Crippen LogP contribution in [0, 0.1) is 13.8 Å². The summed E-state index contributed by atoms with van der Waals surface area (Å²) in [5.41, 5.74) is 1.27. The predicted molar refractivity (Wildman–Crippen MR) is 88.4 cm³/mol. The van der Waals surface area contributed by atoms with Crippen LogP contribution in [-0.2, 0) is 6.42 Å². The topological polar surface area (TPSA) is 37.8 Å². The maximum Gasteiger partial charge on any atom is 0.138 e. The van der Waals surface area contributed by atoms with Gasteiger partial charge in [0.15, 0.2) is 0 Å². The lowest BCUT2D eigenvalue weighted by Crippen LogP contribution is -2.06. The van der Waals surface area contributed by atoms with Gasteiger partial charge in [0.1, 0.15) is 17.0 Å². The normalized spacial score (nSPS) is 11.2. The molecular formula is C14H14ClN3S2. The lowest BCUT2D eigenvalue weighted by Gasteiger charge is -2.06. The SMILES string of the molecule is Cc1sc2ncnc(NCCc3ccc(Cl)s3)c2c1C. The quantitative estimate of drug-likeness (QED) is 0.757. The van der Waals surface area contributed by atoms with Gasteiger partial charge in [-0.1, -0.05) is 11.6 Å². The van der Waals surface area contributed by atoms with E-state index in [-0.39, 0.29) is 0 Å². The molecule has 0 radical (unpaired) electrons. The molecule has 1 N–H and O–H groups in total. The van der Waals surface area contributed by atoms with Crippen LogP contribution in [0.15, 0.2) is 18.5 Å². The van der Waals surface area contributed by atoms with Crippen molar-refractivity contribution in [3.8, 4) is 0 Å². The number of thiophene rings is 2. The molecule has 20 heavy (non-hydrogen) atoms. The molecule has 104 valence electrons. The summed E-state index contributed by atoms with van der Waals surface area (Å²) in [5.74, 6) is 0.930. The van der Waals surface area contributed by atoms with E-state index in [4.69, 9.17) is 11.6 Å². The summed E-state index contributed by atoms with van der Waals surface area (Å²) >= 11 is 9.28. The minimum absolute atomic E-state index is 0.841. The molecular weight excluding hydrogens is 310 g/mol. The van der Waals surface area contributed by atoms with Crippen molar-refractivity contribution in [2.45, 2.75) is 20.3 Å². The van der Waals surface area contributed by atoms with Gasteiger partial charge in [0.25, 0.3) is 0 Å². The van der Waals surface area contributed by atoms with Gasteiger partial charge in [0.2, 0.25) is 0 Å². The molecule has 3 rings (SSSR count). The molecule has 0 fully saturated rings. The summed E-state index contributed by atoms with van der Waals surface area (Å²) in [6.07, 6.45) is 2.58. The van der Waals surface area contributed by atoms with E-state index in [0.29, 0.717) is 0 Å². The van der Waals surface area contributed by atoms with Crippen molar-refractivity contribution in [2.75, 3.05) is 11.9 Å². The van der Waals surface area contributed by atoms with Gasteiger partial charge < -0.3 is 5.32 Å². The molecule has 3 nitrogen and oxygen atoms in total. The van der Waals surface area contributed by atoms with Gasteiger partial charge >= 0.3 is 0 Å². The molecule has 0 aliphatic heterocycles. The van der Waals surface area contributed by atoms with E-state index in [1.807, 2.05) is 6.07 Å². The van der Waals surface area contributed by atoms with E-state index >= 15 is 0 Å². The first kappa shape index (κ1) is 13.8. The van der Waals surface area contributed by atoms with Crippen LogP contribution in [-0.4, -0.2) is 16.5 Å². The molecule has 0 unspecified atom stereocenters. The fraction of sp³-hybridized carbons (Fsp3) is 0.286. The second kappa shape index (κ2) is 5.68. The molecule has 0 amide bonds. The van der Waals surface area contributed by atoms with Crippen LogP contribution in [0.3, 0.4) is 0 Å². The molecule has 0 saturated heterocycles. The fourth-order valence-electron chi connectivity index (χ4n) is 2.11. The fourth-order valence-corrected chi connectivity index (χ4v) is 4.19. The van der Waals surface area contributed by atoms with Gasteiger partial charge in [-0.2, -0.15) is 0 Å². The third-order valence-corrected chi connectivity index (χ3v) is 5.66. The Hall–Kier alpha value is -1.17. The molecule has 0 bridgehead atoms. The number of aryl methyl sites for hydroxylation is 2. The number of aromatic nitrogens is 2. The van der Waals surface area contributed by atoms with E-state index in [2.05, 4.69) is 35.2 Å². The molecule has 0 saturated carbocycles. The van der Waals surface area contributed by atoms with E-state index in [0.717, 1.165) is 33.3 Å². The first-order valence-corrected chi connectivity index (χ1v) is 8.35. The third-order valence-electron chi connectivity index (χ3n) is 3.26. The smallest absolute Gasteiger partial charge is 0.138 e. The Bertz CT molecular complexity index is 748. The zero-order chi connectivity index (χ0) is 14.1. The average molecular weight is 324 g/mol. The van der Waals surface area contributed by atoms with Crippen LogP contribution < -0.4 is 5.32 Å². The van der Waals surface area contributed by atoms with Crippen molar-refractivity contribution in [3.63, 3.8) is 0 Å². The van der Waals surface area contributed by atoms with Crippen molar-refractivity contribution in [1.29, 1.82) is 0 Å². The van der Waals surface area contributed by atoms with Gasteiger partial charge in [-0.3, -0.25) is 0 Å². The highest BCUT2D eigenvalue weighted by atomic mass is 35.5. The predicted octanol–water partition coefficient (Wildman–Crippen LogP) is 4.68. The van der Waals surface area contributed by atoms with Crippen LogP contribution in [0.25, 0.3) is 10.2 Å². The highest BCUT2D eigenvalue weighted by Crippen LogP contribution is 2.32. The summed E-state index contributed by atoms with van der Waals surface area (Å²) in [6, 6.07) is 4.01. The Morgan fingerprint density at radius 2 is 2.05 bits per heavy atom. The molecule has 3 heterocycles. The lowest BCUT2D eigenvalue weighted by molar-refractivity contribution is 1.03. The number of rotatable bonds is 4. The molecule has 0 aromatic carbocycles. The number of halogens is 1. The Kier molecular flexibility index (Phi) is 3.92. The molecule has 6 heteroatoms. The Balaban J connectivity index is 1.77. The van der Waals surface area contributed by atoms with Crippen LogP contribution in [0.5, 0.6) is 0 Å². The minimum Gasteiger partial charge on any atom is -0.369 e. The molecule has 0 aliphatic carbocycles. The van der Waals surface area contributed by atoms with E-state index in [1.165, 1.54) is 15.3 Å². The standard InChI is InChI=1S/C14H14ClN3S2/c1-8-9(2)19-14-12(8)13(17-7-18-14)16-6-5-10-3-4-11(15)20-10/h3-4,7H,5-6H2,1-2H3,(H,16,17,18). The number of fused-ring (bicyclic) bond motifs is 1. The monoisotopic (exact) mass is 323 g/mol. The summed E-state index contributed by atoms with van der Waals surface area (Å²) < 4.78 is 0.841. The molecule has 3 aromatic rings. The van der Waals surface area contributed by atoms with Crippen LogP contribution >= 0.6 is 34.3 Å². The van der Waals surface area contributed by atoms with Gasteiger partial charge in [-0.25, -0.2) is 9.97 Å². The van der Waals surface area contributed by atoms with Crippen molar-refractivity contribution in [1.82, 2.24) is 9.97 Å². The van der Waals surface area contributed by atoms with E-state index in [1.54, 1.807) is 29.0 Å². The molecule has 0 spiro atoms. The van der Waals surface area contributed by atoms with Gasteiger partial charge in [0.05, 0.1) is 9.72 Å².